The molecule has 0 bridgehead atoms. The first kappa shape index (κ1) is 21.5. The van der Waals surface area contributed by atoms with Crippen LogP contribution in [0.25, 0.3) is 10.9 Å². The van der Waals surface area contributed by atoms with Crippen molar-refractivity contribution >= 4 is 22.7 Å². The van der Waals surface area contributed by atoms with Gasteiger partial charge in [0.1, 0.15) is 5.75 Å². The number of amides is 2. The van der Waals surface area contributed by atoms with Gasteiger partial charge in [-0.1, -0.05) is 29.8 Å². The van der Waals surface area contributed by atoms with Crippen molar-refractivity contribution in [2.24, 2.45) is 0 Å². The molecule has 2 aromatic carbocycles. The number of aryl methyl sites for hydroxylation is 1. The topological polar surface area (TPSA) is 77.7 Å². The zero-order valence-electron chi connectivity index (χ0n) is 19.2. The molecule has 1 atom stereocenters. The number of nitrogens with zero attached hydrogens (tertiary/aromatic N) is 2. The molecule has 0 spiro atoms. The van der Waals surface area contributed by atoms with Crippen molar-refractivity contribution in [1.29, 1.82) is 0 Å². The van der Waals surface area contributed by atoms with E-state index in [-0.39, 0.29) is 18.2 Å². The maximum atomic E-state index is 13.3. The van der Waals surface area contributed by atoms with Gasteiger partial charge in [0, 0.05) is 61.3 Å². The molecule has 0 radical (unpaired) electrons. The molecule has 33 heavy (non-hydrogen) atoms. The Morgan fingerprint density at radius 2 is 1.97 bits per heavy atom. The lowest BCUT2D eigenvalue weighted by atomic mass is 10.0. The number of fused-ring (bicyclic) bond motifs is 3. The normalized spacial score (nSPS) is 18.8. The number of ether oxygens (including phenoxy) is 1. The largest absolute Gasteiger partial charge is 0.497 e. The highest BCUT2D eigenvalue weighted by Crippen LogP contribution is 2.31. The summed E-state index contributed by atoms with van der Waals surface area (Å²) >= 11 is 0. The fourth-order valence-electron chi connectivity index (χ4n) is 4.93. The lowest BCUT2D eigenvalue weighted by Crippen LogP contribution is -2.56. The summed E-state index contributed by atoms with van der Waals surface area (Å²) in [5.74, 6) is 0.767. The highest BCUT2D eigenvalue weighted by atomic mass is 16.5. The fraction of sp³-hybridized carbons (Fsp3) is 0.385. The molecule has 1 saturated heterocycles. The number of nitrogens with one attached hydrogen (secondary N) is 2. The predicted molar refractivity (Wildman–Crippen MR) is 127 cm³/mol. The first-order valence-corrected chi connectivity index (χ1v) is 11.5. The summed E-state index contributed by atoms with van der Waals surface area (Å²) in [6, 6.07) is 13.9. The molecule has 7 nitrogen and oxygen atoms in total. The average Bonchev–Trinajstić information content (AvgIpc) is 3.19. The summed E-state index contributed by atoms with van der Waals surface area (Å²) < 4.78 is 5.39. The maximum Gasteiger partial charge on any atom is 0.237 e. The maximum absolute atomic E-state index is 13.3. The van der Waals surface area contributed by atoms with Gasteiger partial charge in [-0.2, -0.15) is 0 Å². The van der Waals surface area contributed by atoms with E-state index < -0.39 is 6.04 Å². The lowest BCUT2D eigenvalue weighted by molar-refractivity contribution is -0.139. The SMILES string of the molecule is COc1ccc2[nH]c3c(c2c1)CN(C(=O)C[C@H]1C(=O)NCCN1Cc1ccc(C)cc1)CC3. The van der Waals surface area contributed by atoms with E-state index in [1.165, 1.54) is 11.3 Å². The molecular weight excluding hydrogens is 416 g/mol. The van der Waals surface area contributed by atoms with E-state index in [1.807, 2.05) is 23.1 Å². The van der Waals surface area contributed by atoms with Crippen molar-refractivity contribution in [3.8, 4) is 5.75 Å². The molecule has 3 aromatic rings. The van der Waals surface area contributed by atoms with Gasteiger partial charge in [-0.25, -0.2) is 0 Å². The summed E-state index contributed by atoms with van der Waals surface area (Å²) in [4.78, 5) is 33.6. The van der Waals surface area contributed by atoms with E-state index in [9.17, 15) is 9.59 Å². The molecule has 2 N–H and O–H groups in total. The smallest absolute Gasteiger partial charge is 0.237 e. The predicted octanol–water partition coefficient (Wildman–Crippen LogP) is 2.76. The number of rotatable bonds is 5. The first-order chi connectivity index (χ1) is 16.0. The Bertz CT molecular complexity index is 1180. The summed E-state index contributed by atoms with van der Waals surface area (Å²) in [5, 5.41) is 4.04. The number of H-pyrrole nitrogens is 1. The molecule has 5 rings (SSSR count). The van der Waals surface area contributed by atoms with Gasteiger partial charge in [0.15, 0.2) is 0 Å². The van der Waals surface area contributed by atoms with Gasteiger partial charge in [-0.15, -0.1) is 0 Å². The Morgan fingerprint density at radius 1 is 1.15 bits per heavy atom. The highest BCUT2D eigenvalue weighted by Gasteiger charge is 2.34. The van der Waals surface area contributed by atoms with Crippen molar-refractivity contribution in [3.63, 3.8) is 0 Å². The van der Waals surface area contributed by atoms with E-state index in [4.69, 9.17) is 4.74 Å². The van der Waals surface area contributed by atoms with Crippen LogP contribution in [0, 0.1) is 6.92 Å². The number of aromatic amines is 1. The minimum absolute atomic E-state index is 0.0221. The number of piperazine rings is 1. The van der Waals surface area contributed by atoms with Crippen molar-refractivity contribution < 1.29 is 14.3 Å². The van der Waals surface area contributed by atoms with E-state index in [0.717, 1.165) is 40.7 Å². The van der Waals surface area contributed by atoms with Gasteiger partial charge in [0.05, 0.1) is 19.6 Å². The zero-order chi connectivity index (χ0) is 22.9. The van der Waals surface area contributed by atoms with Crippen LogP contribution < -0.4 is 10.1 Å². The molecule has 7 heteroatoms. The van der Waals surface area contributed by atoms with Crippen molar-refractivity contribution in [2.75, 3.05) is 26.7 Å². The monoisotopic (exact) mass is 446 g/mol. The number of methoxy groups -OCH3 is 1. The van der Waals surface area contributed by atoms with E-state index in [0.29, 0.717) is 26.2 Å². The van der Waals surface area contributed by atoms with Gasteiger partial charge in [-0.3, -0.25) is 14.5 Å². The first-order valence-electron chi connectivity index (χ1n) is 11.5. The Labute approximate surface area is 193 Å². The molecule has 0 saturated carbocycles. The van der Waals surface area contributed by atoms with Crippen LogP contribution in [-0.4, -0.2) is 59.4 Å². The standard InChI is InChI=1S/C26H30N4O3/c1-17-3-5-18(6-4-17)15-29-12-10-27-26(32)24(29)14-25(31)30-11-9-23-21(16-30)20-13-19(33-2)7-8-22(20)28-23/h3-8,13,24,28H,9-12,14-16H2,1-2H3,(H,27,32)/t24-/m0/s1. The third-order valence-corrected chi connectivity index (χ3v) is 6.85. The number of carbonyl (C=O) groups excluding carboxylic acids is 2. The van der Waals surface area contributed by atoms with Gasteiger partial charge in [0.25, 0.3) is 0 Å². The van der Waals surface area contributed by atoms with Crippen LogP contribution in [0.2, 0.25) is 0 Å². The molecule has 1 aromatic heterocycles. The number of aromatic nitrogens is 1. The van der Waals surface area contributed by atoms with E-state index >= 15 is 0 Å². The molecule has 1 fully saturated rings. The number of benzene rings is 2. The quantitative estimate of drug-likeness (QED) is 0.632. The van der Waals surface area contributed by atoms with Crippen LogP contribution in [0.4, 0.5) is 0 Å². The van der Waals surface area contributed by atoms with Gasteiger partial charge in [-0.05, 0) is 30.7 Å². The second-order valence-corrected chi connectivity index (χ2v) is 9.03. The summed E-state index contributed by atoms with van der Waals surface area (Å²) in [6.07, 6.45) is 0.973. The molecule has 3 heterocycles. The molecule has 2 aliphatic heterocycles. The van der Waals surface area contributed by atoms with Crippen LogP contribution in [0.5, 0.6) is 5.75 Å². The number of carbonyl (C=O) groups is 2. The third kappa shape index (κ3) is 4.33. The average molecular weight is 447 g/mol. The van der Waals surface area contributed by atoms with Crippen LogP contribution in [-0.2, 0) is 29.1 Å². The Kier molecular flexibility index (Phi) is 5.81. The van der Waals surface area contributed by atoms with Crippen molar-refractivity contribution in [3.05, 3.63) is 64.8 Å². The van der Waals surface area contributed by atoms with E-state index in [1.54, 1.807) is 7.11 Å². The summed E-state index contributed by atoms with van der Waals surface area (Å²) in [6.45, 7) is 5.28. The Balaban J connectivity index is 1.31. The second-order valence-electron chi connectivity index (χ2n) is 9.03. The minimum Gasteiger partial charge on any atom is -0.497 e. The van der Waals surface area contributed by atoms with E-state index in [2.05, 4.69) is 46.4 Å². The third-order valence-electron chi connectivity index (χ3n) is 6.85. The second kappa shape index (κ2) is 8.90. The van der Waals surface area contributed by atoms with Crippen LogP contribution in [0.15, 0.2) is 42.5 Å². The van der Waals surface area contributed by atoms with Crippen LogP contribution >= 0.6 is 0 Å². The van der Waals surface area contributed by atoms with Gasteiger partial charge < -0.3 is 19.9 Å². The van der Waals surface area contributed by atoms with Gasteiger partial charge in [0.2, 0.25) is 11.8 Å². The van der Waals surface area contributed by atoms with Crippen LogP contribution in [0.3, 0.4) is 0 Å². The summed E-state index contributed by atoms with van der Waals surface area (Å²) in [5.41, 5.74) is 5.75. The summed E-state index contributed by atoms with van der Waals surface area (Å²) in [7, 11) is 1.66. The number of hydrogen-bond acceptors (Lipinski definition) is 4. The zero-order valence-corrected chi connectivity index (χ0v) is 19.2. The molecular formula is C26H30N4O3. The minimum atomic E-state index is -0.447. The van der Waals surface area contributed by atoms with Gasteiger partial charge >= 0.3 is 0 Å². The molecule has 0 unspecified atom stereocenters. The fourth-order valence-corrected chi connectivity index (χ4v) is 4.93. The van der Waals surface area contributed by atoms with Crippen molar-refractivity contribution in [2.45, 2.75) is 38.9 Å². The molecule has 2 aliphatic rings. The Hall–Kier alpha value is -3.32. The van der Waals surface area contributed by atoms with Crippen LogP contribution in [0.1, 0.15) is 28.8 Å². The lowest BCUT2D eigenvalue weighted by Gasteiger charge is -2.36. The highest BCUT2D eigenvalue weighted by molar-refractivity contribution is 5.90. The van der Waals surface area contributed by atoms with Crippen molar-refractivity contribution in [1.82, 2.24) is 20.1 Å². The Morgan fingerprint density at radius 3 is 2.76 bits per heavy atom. The molecule has 172 valence electrons. The molecule has 0 aliphatic carbocycles. The number of hydrogen-bond donors (Lipinski definition) is 2. The molecule has 2 amide bonds.